The van der Waals surface area contributed by atoms with Gasteiger partial charge in [0.15, 0.2) is 0 Å². The van der Waals surface area contributed by atoms with Gasteiger partial charge in [0.1, 0.15) is 0 Å². The zero-order valence-corrected chi connectivity index (χ0v) is 10.4. The van der Waals surface area contributed by atoms with E-state index < -0.39 is 9.12 Å². The Bertz CT molecular complexity index is 138. The zero-order valence-electron chi connectivity index (χ0n) is 9.21. The van der Waals surface area contributed by atoms with Crippen LogP contribution in [0.5, 0.6) is 0 Å². The molecule has 0 aromatic rings. The highest BCUT2D eigenvalue weighted by molar-refractivity contribution is 6.58. The molecule has 0 amide bonds. The van der Waals surface area contributed by atoms with Crippen LogP contribution in [0.2, 0.25) is 0 Å². The van der Waals surface area contributed by atoms with Gasteiger partial charge in [0.05, 0.1) is 13.4 Å². The monoisotopic (exact) mass is 202 g/mol. The summed E-state index contributed by atoms with van der Waals surface area (Å²) in [7, 11) is 0.602. The Hall–Kier alpha value is -0.323. The molecule has 0 radical (unpaired) electrons. The third-order valence-corrected chi connectivity index (χ3v) is 4.88. The molecule has 78 valence electrons. The second kappa shape index (κ2) is 8.28. The lowest BCUT2D eigenvalue weighted by Crippen LogP contribution is -2.49. The molecule has 0 bridgehead atoms. The van der Waals surface area contributed by atoms with Crippen molar-refractivity contribution in [2.75, 3.05) is 26.7 Å². The Labute approximate surface area is 83.5 Å². The second-order valence-electron chi connectivity index (χ2n) is 2.79. The number of nitrogens with one attached hydrogen (secondary N) is 1. The zero-order chi connectivity index (χ0) is 10.1. The largest absolute Gasteiger partial charge is 0.505 e. The van der Waals surface area contributed by atoms with Crippen molar-refractivity contribution in [1.29, 1.82) is 0 Å². The van der Waals surface area contributed by atoms with Crippen LogP contribution in [0.4, 0.5) is 0 Å². The van der Waals surface area contributed by atoms with Crippen molar-refractivity contribution in [2.45, 2.75) is 20.8 Å². The Balaban J connectivity index is 4.11. The van der Waals surface area contributed by atoms with Crippen LogP contribution in [0.15, 0.2) is 12.0 Å². The van der Waals surface area contributed by atoms with Gasteiger partial charge in [-0.25, -0.2) is 0 Å². The molecule has 0 saturated carbocycles. The van der Waals surface area contributed by atoms with E-state index in [1.54, 1.807) is 13.4 Å². The molecule has 0 spiro atoms. The van der Waals surface area contributed by atoms with Gasteiger partial charge in [0.2, 0.25) is 9.12 Å². The van der Waals surface area contributed by atoms with E-state index in [9.17, 15) is 0 Å². The third kappa shape index (κ3) is 5.08. The Morgan fingerprint density at radius 2 is 1.92 bits per heavy atom. The highest BCUT2D eigenvalue weighted by Crippen LogP contribution is 1.93. The summed E-state index contributed by atoms with van der Waals surface area (Å²) in [4.78, 5) is 3.52. The van der Waals surface area contributed by atoms with Crippen LogP contribution in [0.3, 0.4) is 0 Å². The average molecular weight is 202 g/mol. The summed E-state index contributed by atoms with van der Waals surface area (Å²) in [5.41, 5.74) is 2.18. The molecular formula is C9H22N2OSi. The van der Waals surface area contributed by atoms with Crippen LogP contribution in [-0.2, 0) is 4.74 Å². The van der Waals surface area contributed by atoms with Crippen LogP contribution < -0.4 is 4.98 Å². The van der Waals surface area contributed by atoms with Gasteiger partial charge in [-0.3, -0.25) is 0 Å². The highest BCUT2D eigenvalue weighted by Gasteiger charge is 2.12. The van der Waals surface area contributed by atoms with Crippen LogP contribution in [0.1, 0.15) is 20.8 Å². The Kier molecular flexibility index (Phi) is 8.08. The van der Waals surface area contributed by atoms with Gasteiger partial charge in [-0.05, 0) is 25.3 Å². The minimum Gasteiger partial charge on any atom is -0.505 e. The van der Waals surface area contributed by atoms with Crippen LogP contribution in [0, 0.1) is 0 Å². The van der Waals surface area contributed by atoms with Gasteiger partial charge in [0.25, 0.3) is 0 Å². The van der Waals surface area contributed by atoms with E-state index in [0.29, 0.717) is 0 Å². The molecule has 1 N–H and O–H groups in total. The second-order valence-corrected chi connectivity index (χ2v) is 5.20. The first-order valence-electron chi connectivity index (χ1n) is 4.96. The summed E-state index contributed by atoms with van der Waals surface area (Å²) < 4.78 is 7.42. The van der Waals surface area contributed by atoms with Gasteiger partial charge in [-0.1, -0.05) is 20.8 Å². The summed E-state index contributed by atoms with van der Waals surface area (Å²) in [6.07, 6.45) is 1.79. The molecule has 0 rings (SSSR count). The van der Waals surface area contributed by atoms with Crippen LogP contribution in [-0.4, -0.2) is 40.4 Å². The number of hydrogen-bond donors (Lipinski definition) is 1. The fourth-order valence-electron chi connectivity index (χ4n) is 1.30. The van der Waals surface area contributed by atoms with Gasteiger partial charge in [-0.15, -0.1) is 0 Å². The lowest BCUT2D eigenvalue weighted by Gasteiger charge is -2.25. The number of methoxy groups -OCH3 is 1. The van der Waals surface area contributed by atoms with E-state index in [0.717, 1.165) is 19.6 Å². The summed E-state index contributed by atoms with van der Waals surface area (Å²) in [6.45, 7) is 9.78. The van der Waals surface area contributed by atoms with Gasteiger partial charge in [-0.2, -0.15) is 0 Å². The first-order chi connectivity index (χ1) is 6.29. The molecule has 0 aliphatic heterocycles. The fourth-order valence-corrected chi connectivity index (χ4v) is 3.45. The summed E-state index contributed by atoms with van der Waals surface area (Å²) in [5.74, 6) is 0. The molecular weight excluding hydrogens is 180 g/mol. The standard InChI is InChI=1S/C9H22N2OSi/c1-5-10-13(9-8-12-4)11(6-2)7-3/h8-10,13H,5-7H2,1-4H3. The maximum absolute atomic E-state index is 4.95. The van der Waals surface area contributed by atoms with Crippen LogP contribution >= 0.6 is 0 Å². The summed E-state index contributed by atoms with van der Waals surface area (Å²) >= 11 is 0. The van der Waals surface area contributed by atoms with Crippen molar-refractivity contribution in [3.63, 3.8) is 0 Å². The molecule has 0 saturated heterocycles. The molecule has 0 aliphatic carbocycles. The fraction of sp³-hybridized carbons (Fsp3) is 0.778. The van der Waals surface area contributed by atoms with Gasteiger partial charge in [0, 0.05) is 0 Å². The molecule has 0 fully saturated rings. The van der Waals surface area contributed by atoms with Crippen molar-refractivity contribution in [3.05, 3.63) is 12.0 Å². The smallest absolute Gasteiger partial charge is 0.215 e. The SMILES string of the molecule is CCN[SiH](C=COC)N(CC)CC. The van der Waals surface area contributed by atoms with E-state index >= 15 is 0 Å². The minimum atomic E-state index is -1.09. The van der Waals surface area contributed by atoms with Gasteiger partial charge < -0.3 is 14.3 Å². The maximum Gasteiger partial charge on any atom is 0.215 e. The Morgan fingerprint density at radius 1 is 1.31 bits per heavy atom. The van der Waals surface area contributed by atoms with Crippen molar-refractivity contribution in [3.8, 4) is 0 Å². The number of rotatable bonds is 7. The third-order valence-electron chi connectivity index (χ3n) is 2.02. The predicted molar refractivity (Wildman–Crippen MR) is 59.9 cm³/mol. The normalized spacial score (nSPS) is 13.9. The van der Waals surface area contributed by atoms with Crippen molar-refractivity contribution >= 4 is 9.12 Å². The van der Waals surface area contributed by atoms with Crippen LogP contribution in [0.25, 0.3) is 0 Å². The van der Waals surface area contributed by atoms with E-state index in [2.05, 4.69) is 36.0 Å². The molecule has 1 unspecified atom stereocenters. The molecule has 1 atom stereocenters. The lowest BCUT2D eigenvalue weighted by molar-refractivity contribution is 0.338. The predicted octanol–water partition coefficient (Wildman–Crippen LogP) is 0.857. The summed E-state index contributed by atoms with van der Waals surface area (Å²) in [6, 6.07) is 0. The molecule has 0 aromatic heterocycles. The van der Waals surface area contributed by atoms with Gasteiger partial charge >= 0.3 is 0 Å². The van der Waals surface area contributed by atoms with Crippen molar-refractivity contribution < 1.29 is 4.74 Å². The molecule has 4 heteroatoms. The van der Waals surface area contributed by atoms with Crippen molar-refractivity contribution in [1.82, 2.24) is 9.55 Å². The number of hydrogen-bond acceptors (Lipinski definition) is 3. The molecule has 0 aromatic carbocycles. The quantitative estimate of drug-likeness (QED) is 0.489. The molecule has 13 heavy (non-hydrogen) atoms. The number of ether oxygens (including phenoxy) is 1. The first-order valence-corrected chi connectivity index (χ1v) is 6.73. The summed E-state index contributed by atoms with van der Waals surface area (Å²) in [5, 5.41) is 0. The topological polar surface area (TPSA) is 24.5 Å². The van der Waals surface area contributed by atoms with E-state index in [-0.39, 0.29) is 0 Å². The average Bonchev–Trinajstić information content (AvgIpc) is 2.16. The van der Waals surface area contributed by atoms with E-state index in [1.165, 1.54) is 0 Å². The molecule has 0 heterocycles. The minimum absolute atomic E-state index is 1.03. The molecule has 3 nitrogen and oxygen atoms in total. The maximum atomic E-state index is 4.95. The number of nitrogens with zero attached hydrogens (tertiary/aromatic N) is 1. The molecule has 0 aliphatic rings. The lowest BCUT2D eigenvalue weighted by atomic mass is 10.7. The van der Waals surface area contributed by atoms with Crippen molar-refractivity contribution in [2.24, 2.45) is 0 Å². The first kappa shape index (κ1) is 12.7. The van der Waals surface area contributed by atoms with E-state index in [4.69, 9.17) is 4.74 Å². The highest BCUT2D eigenvalue weighted by atomic mass is 28.3. The Morgan fingerprint density at radius 3 is 2.31 bits per heavy atom. The van der Waals surface area contributed by atoms with E-state index in [1.807, 2.05) is 0 Å².